The molecule has 0 aliphatic carbocycles. The van der Waals surface area contributed by atoms with Crippen molar-refractivity contribution in [1.82, 2.24) is 24.3 Å². The number of nitrogens with zero attached hydrogens (tertiary/aromatic N) is 6. The van der Waals surface area contributed by atoms with E-state index < -0.39 is 29.8 Å². The molecule has 1 saturated heterocycles. The van der Waals surface area contributed by atoms with Gasteiger partial charge in [0.15, 0.2) is 11.2 Å². The van der Waals surface area contributed by atoms with Crippen LogP contribution in [0, 0.1) is 5.82 Å². The van der Waals surface area contributed by atoms with Crippen molar-refractivity contribution >= 4 is 45.6 Å². The normalized spacial score (nSPS) is 17.8. The Kier molecular flexibility index (Phi) is 8.05. The van der Waals surface area contributed by atoms with E-state index in [1.54, 1.807) is 37.0 Å². The number of hydrogen-bond acceptors (Lipinski definition) is 7. The zero-order valence-electron chi connectivity index (χ0n) is 24.7. The summed E-state index contributed by atoms with van der Waals surface area (Å²) in [6.07, 6.45) is 4.09. The first-order chi connectivity index (χ1) is 21.8. The molecular formula is C32H32ClF2N7O2S. The molecule has 0 bridgehead atoms. The molecule has 2 amide bonds. The summed E-state index contributed by atoms with van der Waals surface area (Å²) in [7, 11) is 0. The summed E-state index contributed by atoms with van der Waals surface area (Å²) in [6.45, 7) is 5.65. The van der Waals surface area contributed by atoms with Crippen LogP contribution >= 0.6 is 22.9 Å². The fourth-order valence-electron chi connectivity index (χ4n) is 6.64. The fourth-order valence-corrected chi connectivity index (χ4v) is 7.47. The van der Waals surface area contributed by atoms with Crippen LogP contribution in [0.3, 0.4) is 0 Å². The van der Waals surface area contributed by atoms with Crippen LogP contribution in [0.2, 0.25) is 5.02 Å². The molecule has 1 N–H and O–H groups in total. The highest BCUT2D eigenvalue weighted by Gasteiger charge is 2.42. The number of fused-ring (bicyclic) bond motifs is 2. The lowest BCUT2D eigenvalue weighted by molar-refractivity contribution is -0.121. The van der Waals surface area contributed by atoms with Gasteiger partial charge in [-0.05, 0) is 55.2 Å². The van der Waals surface area contributed by atoms with Gasteiger partial charge >= 0.3 is 0 Å². The number of nitrogens with one attached hydrogen (secondary N) is 1. The van der Waals surface area contributed by atoms with Crippen molar-refractivity contribution in [3.8, 4) is 11.1 Å². The van der Waals surface area contributed by atoms with Crippen LogP contribution in [0.25, 0.3) is 11.1 Å². The first-order valence-corrected chi connectivity index (χ1v) is 16.3. The van der Waals surface area contributed by atoms with E-state index in [9.17, 15) is 14.0 Å². The topological polar surface area (TPSA) is 86.6 Å². The molecule has 13 heteroatoms. The van der Waals surface area contributed by atoms with Gasteiger partial charge in [0.2, 0.25) is 0 Å². The average molecular weight is 652 g/mol. The Balaban J connectivity index is 1.15. The number of alkyl halides is 1. The van der Waals surface area contributed by atoms with Crippen LogP contribution in [-0.4, -0.2) is 75.0 Å². The Hall–Kier alpha value is -3.87. The number of thiazole rings is 1. The molecule has 1 fully saturated rings. The van der Waals surface area contributed by atoms with E-state index in [4.69, 9.17) is 11.6 Å². The van der Waals surface area contributed by atoms with E-state index >= 15 is 4.39 Å². The van der Waals surface area contributed by atoms with Gasteiger partial charge in [-0.3, -0.25) is 19.8 Å². The van der Waals surface area contributed by atoms with Gasteiger partial charge in [-0.1, -0.05) is 17.7 Å². The lowest BCUT2D eigenvalue weighted by atomic mass is 9.99. The van der Waals surface area contributed by atoms with E-state index in [-0.39, 0.29) is 17.7 Å². The van der Waals surface area contributed by atoms with Crippen molar-refractivity contribution in [3.05, 3.63) is 81.6 Å². The Morgan fingerprint density at radius 2 is 1.93 bits per heavy atom. The number of benzene rings is 2. The third kappa shape index (κ3) is 5.70. The maximum Gasteiger partial charge on any atom is 0.255 e. The number of hydrogen-bond donors (Lipinski definition) is 1. The van der Waals surface area contributed by atoms with Gasteiger partial charge in [0.1, 0.15) is 12.0 Å². The number of amides is 2. The smallest absolute Gasteiger partial charge is 0.255 e. The number of piperazine rings is 1. The number of rotatable bonds is 8. The summed E-state index contributed by atoms with van der Waals surface area (Å²) in [5.41, 5.74) is 3.92. The van der Waals surface area contributed by atoms with Gasteiger partial charge in [0.25, 0.3) is 11.8 Å². The second-order valence-corrected chi connectivity index (χ2v) is 13.1. The molecule has 0 spiro atoms. The number of aromatic nitrogens is 3. The van der Waals surface area contributed by atoms with Crippen LogP contribution < -0.4 is 10.2 Å². The van der Waals surface area contributed by atoms with Crippen molar-refractivity contribution in [3.63, 3.8) is 0 Å². The maximum absolute atomic E-state index is 15.7. The molecule has 2 aromatic heterocycles. The lowest BCUT2D eigenvalue weighted by Gasteiger charge is -2.36. The molecule has 45 heavy (non-hydrogen) atoms. The quantitative estimate of drug-likeness (QED) is 0.269. The van der Waals surface area contributed by atoms with Crippen LogP contribution in [0.15, 0.2) is 48.2 Å². The molecular weight excluding hydrogens is 620 g/mol. The molecule has 2 unspecified atom stereocenters. The highest BCUT2D eigenvalue weighted by atomic mass is 35.5. The summed E-state index contributed by atoms with van der Waals surface area (Å²) < 4.78 is 31.2. The van der Waals surface area contributed by atoms with Crippen LogP contribution in [-0.2, 0) is 24.3 Å². The SMILES string of the molecule is CC(F)CN1CCN(c2ccc(-c3cc(F)c4c(c3)C(=O)N(C(C(=O)Nc3nccs3)c3ncn5c3CCC5)C4)cc2Cl)CC1. The molecule has 2 aromatic carbocycles. The predicted molar refractivity (Wildman–Crippen MR) is 170 cm³/mol. The van der Waals surface area contributed by atoms with Gasteiger partial charge in [-0.15, -0.1) is 11.3 Å². The van der Waals surface area contributed by atoms with E-state index in [1.165, 1.54) is 22.3 Å². The zero-order valence-corrected chi connectivity index (χ0v) is 26.3. The first-order valence-electron chi connectivity index (χ1n) is 15.1. The predicted octanol–water partition coefficient (Wildman–Crippen LogP) is 5.56. The third-order valence-electron chi connectivity index (χ3n) is 8.79. The zero-order chi connectivity index (χ0) is 31.2. The van der Waals surface area contributed by atoms with E-state index in [0.717, 1.165) is 56.9 Å². The number of imidazole rings is 1. The van der Waals surface area contributed by atoms with Gasteiger partial charge in [-0.2, -0.15) is 0 Å². The van der Waals surface area contributed by atoms with Crippen LogP contribution in [0.4, 0.5) is 19.6 Å². The lowest BCUT2D eigenvalue weighted by Crippen LogP contribution is -2.48. The largest absolute Gasteiger partial charge is 0.368 e. The van der Waals surface area contributed by atoms with Crippen molar-refractivity contribution in [2.24, 2.45) is 0 Å². The van der Waals surface area contributed by atoms with E-state index in [1.807, 2.05) is 16.7 Å². The molecule has 0 radical (unpaired) electrons. The molecule has 9 nitrogen and oxygen atoms in total. The van der Waals surface area contributed by atoms with Gasteiger partial charge in [0.05, 0.1) is 29.3 Å². The minimum atomic E-state index is -1.05. The number of halogens is 3. The standard InChI is InChI=1S/C32H32ClF2N7O2S/c1-19(34)16-39-8-10-40(11-9-39)26-5-4-20(14-24(26)33)21-13-22-23(25(35)15-21)17-42(31(22)44)29(30(43)38-32-36-6-12-45-32)28-27-3-2-7-41(27)18-37-28/h4-6,12-15,18-19,29H,2-3,7-11,16-17H2,1H3,(H,36,38,43). The summed E-state index contributed by atoms with van der Waals surface area (Å²) >= 11 is 8.01. The third-order valence-corrected chi connectivity index (χ3v) is 9.78. The van der Waals surface area contributed by atoms with Crippen molar-refractivity contribution in [2.45, 2.75) is 45.1 Å². The number of carbonyl (C=O) groups excluding carboxylic acids is 2. The number of aryl methyl sites for hydroxylation is 1. The Morgan fingerprint density at radius 3 is 2.67 bits per heavy atom. The van der Waals surface area contributed by atoms with Crippen molar-refractivity contribution in [2.75, 3.05) is 42.9 Å². The number of anilines is 2. The molecule has 3 aliphatic rings. The molecule has 5 heterocycles. The van der Waals surface area contributed by atoms with Gasteiger partial charge < -0.3 is 14.4 Å². The molecule has 0 saturated carbocycles. The maximum atomic E-state index is 15.7. The summed E-state index contributed by atoms with van der Waals surface area (Å²) in [5.74, 6) is -1.40. The second-order valence-electron chi connectivity index (χ2n) is 11.8. The fraction of sp³-hybridized carbons (Fsp3) is 0.375. The first kappa shape index (κ1) is 29.8. The van der Waals surface area contributed by atoms with E-state index in [2.05, 4.69) is 25.1 Å². The molecule has 234 valence electrons. The van der Waals surface area contributed by atoms with Crippen LogP contribution in [0.1, 0.15) is 46.7 Å². The second kappa shape index (κ2) is 12.1. The van der Waals surface area contributed by atoms with Crippen molar-refractivity contribution < 1.29 is 18.4 Å². The van der Waals surface area contributed by atoms with Gasteiger partial charge in [-0.25, -0.2) is 18.7 Å². The summed E-state index contributed by atoms with van der Waals surface area (Å²) in [6, 6.07) is 7.60. The minimum Gasteiger partial charge on any atom is -0.368 e. The Labute approximate surface area is 268 Å². The minimum absolute atomic E-state index is 0.0601. The number of carbonyl (C=O) groups is 2. The Bertz CT molecular complexity index is 1750. The molecule has 3 aliphatic heterocycles. The van der Waals surface area contributed by atoms with Crippen LogP contribution in [0.5, 0.6) is 0 Å². The monoisotopic (exact) mass is 651 g/mol. The summed E-state index contributed by atoms with van der Waals surface area (Å²) in [4.78, 5) is 42.1. The highest BCUT2D eigenvalue weighted by Crippen LogP contribution is 2.39. The molecule has 4 aromatic rings. The highest BCUT2D eigenvalue weighted by molar-refractivity contribution is 7.13. The van der Waals surface area contributed by atoms with Crippen molar-refractivity contribution in [1.29, 1.82) is 0 Å². The average Bonchev–Trinajstić information content (AvgIpc) is 3.82. The molecule has 2 atom stereocenters. The summed E-state index contributed by atoms with van der Waals surface area (Å²) in [5, 5.41) is 5.50. The Morgan fingerprint density at radius 1 is 1.11 bits per heavy atom. The van der Waals surface area contributed by atoms with E-state index in [0.29, 0.717) is 33.5 Å². The molecule has 7 rings (SSSR count). The van der Waals surface area contributed by atoms with Gasteiger partial charge in [0, 0.05) is 67.7 Å².